The van der Waals surface area contributed by atoms with Gasteiger partial charge in [0.05, 0.1) is 11.5 Å². The molecule has 136 valence electrons. The van der Waals surface area contributed by atoms with Crippen molar-refractivity contribution in [3.8, 4) is 0 Å². The van der Waals surface area contributed by atoms with Crippen LogP contribution in [0.3, 0.4) is 0 Å². The van der Waals surface area contributed by atoms with Gasteiger partial charge in [-0.1, -0.05) is 50.2 Å². The molecule has 1 fully saturated rings. The Hall–Kier alpha value is -1.27. The summed E-state index contributed by atoms with van der Waals surface area (Å²) in [6.45, 7) is 7.82. The first-order valence-electron chi connectivity index (χ1n) is 9.09. The van der Waals surface area contributed by atoms with E-state index in [2.05, 4.69) is 35.2 Å². The van der Waals surface area contributed by atoms with E-state index in [4.69, 9.17) is 0 Å². The molecule has 25 heavy (non-hydrogen) atoms. The lowest BCUT2D eigenvalue weighted by Crippen LogP contribution is -2.51. The van der Waals surface area contributed by atoms with Crippen molar-refractivity contribution in [2.75, 3.05) is 32.8 Å². The fourth-order valence-corrected chi connectivity index (χ4v) is 4.95. The van der Waals surface area contributed by atoms with Crippen molar-refractivity contribution in [1.82, 2.24) is 9.21 Å². The average Bonchev–Trinajstić information content (AvgIpc) is 2.65. The lowest BCUT2D eigenvalue weighted by atomic mass is 10.0. The number of rotatable bonds is 6. The lowest BCUT2D eigenvalue weighted by molar-refractivity contribution is 0.0791. The van der Waals surface area contributed by atoms with Gasteiger partial charge in [-0.3, -0.25) is 4.90 Å². The molecule has 4 nitrogen and oxygen atoms in total. The molecule has 5 heteroatoms. The van der Waals surface area contributed by atoms with Crippen molar-refractivity contribution in [3.63, 3.8) is 0 Å². The van der Waals surface area contributed by atoms with Crippen LogP contribution in [0, 0.1) is 5.92 Å². The molecule has 1 saturated heterocycles. The quantitative estimate of drug-likeness (QED) is 0.861. The first-order chi connectivity index (χ1) is 12.1. The third-order valence-electron chi connectivity index (χ3n) is 4.92. The van der Waals surface area contributed by atoms with Crippen molar-refractivity contribution in [1.29, 1.82) is 0 Å². The molecule has 2 aromatic carbocycles. The highest BCUT2D eigenvalue weighted by atomic mass is 32.2. The van der Waals surface area contributed by atoms with Gasteiger partial charge in [-0.15, -0.1) is 0 Å². The van der Waals surface area contributed by atoms with Crippen LogP contribution in [-0.2, 0) is 11.0 Å². The van der Waals surface area contributed by atoms with Gasteiger partial charge in [0.25, 0.3) is 0 Å². The fourth-order valence-electron chi connectivity index (χ4n) is 3.60. The van der Waals surface area contributed by atoms with Gasteiger partial charge in [0.1, 0.15) is 11.0 Å². The fraction of sp³-hybridized carbons (Fsp3) is 0.500. The number of aliphatic hydroxyl groups excluding tert-OH is 1. The zero-order valence-electron chi connectivity index (χ0n) is 15.1. The summed E-state index contributed by atoms with van der Waals surface area (Å²) >= 11 is 0. The number of hydrogen-bond donors (Lipinski definition) is 1. The Morgan fingerprint density at radius 1 is 1.04 bits per heavy atom. The smallest absolute Gasteiger partial charge is 0.128 e. The largest absolute Gasteiger partial charge is 0.395 e. The molecule has 0 aliphatic carbocycles. The number of fused-ring (bicyclic) bond motifs is 1. The highest BCUT2D eigenvalue weighted by Gasteiger charge is 2.27. The van der Waals surface area contributed by atoms with Crippen molar-refractivity contribution < 1.29 is 9.32 Å². The molecule has 0 saturated carbocycles. The average molecular weight is 361 g/mol. The molecule has 1 unspecified atom stereocenters. The highest BCUT2D eigenvalue weighted by molar-refractivity contribution is 7.83. The molecule has 1 aliphatic rings. The van der Waals surface area contributed by atoms with Gasteiger partial charge in [-0.05, 0) is 29.2 Å². The number of nitrogens with zero attached hydrogens (tertiary/aromatic N) is 2. The second-order valence-corrected chi connectivity index (χ2v) is 8.61. The predicted molar refractivity (Wildman–Crippen MR) is 104 cm³/mol. The van der Waals surface area contributed by atoms with Crippen molar-refractivity contribution >= 4 is 21.8 Å². The van der Waals surface area contributed by atoms with Crippen LogP contribution >= 0.6 is 0 Å². The van der Waals surface area contributed by atoms with Crippen LogP contribution in [0.25, 0.3) is 10.8 Å². The first kappa shape index (κ1) is 18.5. The van der Waals surface area contributed by atoms with E-state index in [0.717, 1.165) is 48.3 Å². The minimum Gasteiger partial charge on any atom is -0.395 e. The lowest BCUT2D eigenvalue weighted by Gasteiger charge is -2.38. The Balaban J connectivity index is 1.69. The molecule has 2 aromatic rings. The first-order valence-corrected chi connectivity index (χ1v) is 10.2. The SMILES string of the molecule is CC(C)C[C@H](CO)N1CCN(S(=O)c2cccc3ccccc23)CC1. The maximum Gasteiger partial charge on any atom is 0.128 e. The number of aliphatic hydroxyl groups is 1. The zero-order valence-corrected chi connectivity index (χ0v) is 15.9. The molecule has 0 aromatic heterocycles. The van der Waals surface area contributed by atoms with E-state index in [1.54, 1.807) is 0 Å². The van der Waals surface area contributed by atoms with Crippen molar-refractivity contribution in [3.05, 3.63) is 42.5 Å². The summed E-state index contributed by atoms with van der Waals surface area (Å²) in [6.07, 6.45) is 1.00. The van der Waals surface area contributed by atoms with Crippen LogP contribution in [0.1, 0.15) is 20.3 Å². The van der Waals surface area contributed by atoms with E-state index in [1.165, 1.54) is 0 Å². The van der Waals surface area contributed by atoms with E-state index < -0.39 is 11.0 Å². The minimum absolute atomic E-state index is 0.199. The van der Waals surface area contributed by atoms with E-state index >= 15 is 0 Å². The van der Waals surface area contributed by atoms with Crippen LogP contribution in [0.4, 0.5) is 0 Å². The van der Waals surface area contributed by atoms with Gasteiger partial charge >= 0.3 is 0 Å². The van der Waals surface area contributed by atoms with Crippen molar-refractivity contribution in [2.45, 2.75) is 31.2 Å². The molecule has 3 rings (SSSR count). The van der Waals surface area contributed by atoms with Gasteiger partial charge in [0.2, 0.25) is 0 Å². The molecule has 0 spiro atoms. The topological polar surface area (TPSA) is 43.8 Å². The molecule has 1 aliphatic heterocycles. The Labute approximate surface area is 153 Å². The van der Waals surface area contributed by atoms with Gasteiger partial charge in [-0.2, -0.15) is 0 Å². The van der Waals surface area contributed by atoms with Crippen LogP contribution in [0.15, 0.2) is 47.4 Å². The summed E-state index contributed by atoms with van der Waals surface area (Å²) in [4.78, 5) is 3.24. The summed E-state index contributed by atoms with van der Waals surface area (Å²) in [5.41, 5.74) is 0. The standard InChI is InChI=1S/C20H28N2O2S/c1-16(2)14-18(15-23)21-10-12-22(13-11-21)25(24)20-9-5-7-17-6-3-4-8-19(17)20/h3-9,16,18,23H,10-15H2,1-2H3/t18-,25?/m1/s1. The Bertz CT molecular complexity index is 721. The number of benzene rings is 2. The van der Waals surface area contributed by atoms with Gasteiger partial charge in [0, 0.05) is 32.2 Å². The predicted octanol–water partition coefficient (Wildman–Crippen LogP) is 2.89. The third kappa shape index (κ3) is 4.29. The monoisotopic (exact) mass is 360 g/mol. The van der Waals surface area contributed by atoms with E-state index in [-0.39, 0.29) is 12.6 Å². The molecular formula is C20H28N2O2S. The van der Waals surface area contributed by atoms with Gasteiger partial charge in [0.15, 0.2) is 0 Å². The second-order valence-electron chi connectivity index (χ2n) is 7.16. The Kier molecular flexibility index (Phi) is 6.23. The molecule has 0 amide bonds. The number of piperazine rings is 1. The molecule has 1 N–H and O–H groups in total. The van der Waals surface area contributed by atoms with E-state index in [0.29, 0.717) is 5.92 Å². The maximum atomic E-state index is 13.1. The number of hydrogen-bond acceptors (Lipinski definition) is 3. The Morgan fingerprint density at radius 3 is 2.40 bits per heavy atom. The molecule has 0 bridgehead atoms. The maximum absolute atomic E-state index is 13.1. The highest BCUT2D eigenvalue weighted by Crippen LogP contribution is 2.24. The Morgan fingerprint density at radius 2 is 1.72 bits per heavy atom. The van der Waals surface area contributed by atoms with Crippen LogP contribution in [0.5, 0.6) is 0 Å². The summed E-state index contributed by atoms with van der Waals surface area (Å²) in [6, 6.07) is 14.3. The van der Waals surface area contributed by atoms with Crippen LogP contribution < -0.4 is 0 Å². The van der Waals surface area contributed by atoms with Crippen molar-refractivity contribution in [2.24, 2.45) is 5.92 Å². The second kappa shape index (κ2) is 8.41. The van der Waals surface area contributed by atoms with E-state index in [1.807, 2.05) is 30.3 Å². The summed E-state index contributed by atoms with van der Waals surface area (Å²) < 4.78 is 15.2. The van der Waals surface area contributed by atoms with Gasteiger partial charge in [-0.25, -0.2) is 8.51 Å². The van der Waals surface area contributed by atoms with Crippen LogP contribution in [-0.4, -0.2) is 57.3 Å². The molecular weight excluding hydrogens is 332 g/mol. The molecule has 0 radical (unpaired) electrons. The molecule has 2 atom stereocenters. The van der Waals surface area contributed by atoms with E-state index in [9.17, 15) is 9.32 Å². The summed E-state index contributed by atoms with van der Waals surface area (Å²) in [7, 11) is -1.14. The summed E-state index contributed by atoms with van der Waals surface area (Å²) in [5.74, 6) is 0.569. The normalized spacial score (nSPS) is 19.4. The van der Waals surface area contributed by atoms with Gasteiger partial charge < -0.3 is 5.11 Å². The summed E-state index contributed by atoms with van der Waals surface area (Å²) in [5, 5.41) is 11.9. The minimum atomic E-state index is -1.14. The zero-order chi connectivity index (χ0) is 17.8. The molecule has 1 heterocycles. The third-order valence-corrected chi connectivity index (χ3v) is 6.48. The van der Waals surface area contributed by atoms with Crippen LogP contribution in [0.2, 0.25) is 0 Å².